The van der Waals surface area contributed by atoms with Crippen molar-refractivity contribution in [2.75, 3.05) is 11.5 Å². The van der Waals surface area contributed by atoms with Gasteiger partial charge in [0.05, 0.1) is 11.5 Å². The van der Waals surface area contributed by atoms with Crippen LogP contribution in [0.25, 0.3) is 0 Å². The van der Waals surface area contributed by atoms with Gasteiger partial charge >= 0.3 is 0 Å². The van der Waals surface area contributed by atoms with Gasteiger partial charge in [-0.05, 0) is 41.9 Å². The van der Waals surface area contributed by atoms with E-state index in [4.69, 9.17) is 12.6 Å². The Morgan fingerprint density at radius 3 is 2.19 bits per heavy atom. The number of benzene rings is 1. The third kappa shape index (κ3) is 8.39. The smallest absolute Gasteiger partial charge is 0.150 e. The zero-order valence-electron chi connectivity index (χ0n) is 17.1. The topological polar surface area (TPSA) is 34.1 Å². The van der Waals surface area contributed by atoms with Crippen LogP contribution in [-0.4, -0.2) is 19.9 Å². The molecule has 0 unspecified atom stereocenters. The number of hydrogen-bond acceptors (Lipinski definition) is 2. The molecular weight excluding hydrogens is 360 g/mol. The van der Waals surface area contributed by atoms with Crippen LogP contribution >= 0.6 is 12.6 Å². The van der Waals surface area contributed by atoms with Gasteiger partial charge in [0, 0.05) is 4.90 Å². The molecule has 0 aliphatic carbocycles. The lowest BCUT2D eigenvalue weighted by atomic mass is 9.79. The second-order valence-corrected chi connectivity index (χ2v) is 10.9. The van der Waals surface area contributed by atoms with E-state index >= 15 is 0 Å². The number of rotatable bonds is 13. The van der Waals surface area contributed by atoms with E-state index in [1.54, 1.807) is 0 Å². The summed E-state index contributed by atoms with van der Waals surface area (Å²) in [6.45, 7) is 8.90. The van der Waals surface area contributed by atoms with Crippen LogP contribution in [0.15, 0.2) is 23.1 Å². The standard InChI is InChI=1S/C22H37O2S2/c1-5-7-9-11-16-26(23,24)17-14-19-12-13-20(18-21(19)25)22(3,4)15-10-8-6-2/h12-13,18H,5-11,14-17H2,1-4H3. The lowest BCUT2D eigenvalue weighted by Gasteiger charge is -2.26. The molecule has 0 bridgehead atoms. The van der Waals surface area contributed by atoms with Crippen molar-refractivity contribution in [3.05, 3.63) is 29.3 Å². The van der Waals surface area contributed by atoms with Gasteiger partial charge in [-0.3, -0.25) is 0 Å². The Bertz CT molecular complexity index is 634. The van der Waals surface area contributed by atoms with E-state index in [1.165, 1.54) is 24.8 Å². The molecule has 149 valence electrons. The summed E-state index contributed by atoms with van der Waals surface area (Å²) in [5.41, 5.74) is 2.38. The van der Waals surface area contributed by atoms with Crippen LogP contribution in [0.2, 0.25) is 0 Å². The molecule has 0 heterocycles. The molecular formula is C22H37O2S2. The molecule has 1 rings (SSSR count). The summed E-state index contributed by atoms with van der Waals surface area (Å²) < 4.78 is 24.4. The number of sulfone groups is 1. The Kier molecular flexibility index (Phi) is 10.2. The monoisotopic (exact) mass is 397 g/mol. The highest BCUT2D eigenvalue weighted by Gasteiger charge is 2.21. The highest BCUT2D eigenvalue weighted by molar-refractivity contribution is 7.91. The average Bonchev–Trinajstić information content (AvgIpc) is 2.58. The second kappa shape index (κ2) is 11.3. The highest BCUT2D eigenvalue weighted by atomic mass is 32.2. The van der Waals surface area contributed by atoms with Crippen molar-refractivity contribution in [1.29, 1.82) is 0 Å². The van der Waals surface area contributed by atoms with Crippen LogP contribution in [0.1, 0.15) is 90.2 Å². The maximum absolute atomic E-state index is 12.2. The first-order valence-corrected chi connectivity index (χ1v) is 12.5. The van der Waals surface area contributed by atoms with Crippen LogP contribution in [0.4, 0.5) is 0 Å². The minimum absolute atomic E-state index is 0.118. The van der Waals surface area contributed by atoms with Crippen molar-refractivity contribution < 1.29 is 8.42 Å². The summed E-state index contributed by atoms with van der Waals surface area (Å²) in [5, 5.41) is 0. The lowest BCUT2D eigenvalue weighted by molar-refractivity contribution is 0.449. The predicted molar refractivity (Wildman–Crippen MR) is 116 cm³/mol. The first-order valence-electron chi connectivity index (χ1n) is 10.2. The zero-order chi connectivity index (χ0) is 19.6. The van der Waals surface area contributed by atoms with Crippen LogP contribution in [0, 0.1) is 0 Å². The first kappa shape index (κ1) is 23.4. The van der Waals surface area contributed by atoms with Gasteiger partial charge in [0.15, 0.2) is 9.84 Å². The second-order valence-electron chi connectivity index (χ2n) is 8.13. The molecule has 0 aliphatic heterocycles. The van der Waals surface area contributed by atoms with E-state index < -0.39 is 9.84 Å². The van der Waals surface area contributed by atoms with E-state index in [2.05, 4.69) is 39.8 Å². The zero-order valence-corrected chi connectivity index (χ0v) is 18.8. The van der Waals surface area contributed by atoms with Crippen molar-refractivity contribution >= 4 is 22.5 Å². The number of aryl methyl sites for hydroxylation is 1. The normalized spacial score (nSPS) is 12.5. The van der Waals surface area contributed by atoms with Crippen molar-refractivity contribution in [1.82, 2.24) is 0 Å². The van der Waals surface area contributed by atoms with Crippen molar-refractivity contribution in [3.8, 4) is 0 Å². The third-order valence-corrected chi connectivity index (χ3v) is 7.36. The SMILES string of the molecule is CCCCCCS(=O)(=O)CCc1ccc(C(C)(C)CCCCC)cc1[S]. The number of unbranched alkanes of at least 4 members (excludes halogenated alkanes) is 5. The van der Waals surface area contributed by atoms with Gasteiger partial charge < -0.3 is 0 Å². The Morgan fingerprint density at radius 2 is 1.58 bits per heavy atom. The fourth-order valence-electron chi connectivity index (χ4n) is 3.26. The van der Waals surface area contributed by atoms with Gasteiger partial charge in [0.25, 0.3) is 0 Å². The summed E-state index contributed by atoms with van der Waals surface area (Å²) in [5.74, 6) is 0.518. The largest absolute Gasteiger partial charge is 0.229 e. The summed E-state index contributed by atoms with van der Waals surface area (Å²) in [6.07, 6.45) is 9.43. The Morgan fingerprint density at radius 1 is 0.923 bits per heavy atom. The molecule has 0 spiro atoms. The molecule has 0 N–H and O–H groups in total. The summed E-state index contributed by atoms with van der Waals surface area (Å²) in [7, 11) is -2.98. The molecule has 4 heteroatoms. The van der Waals surface area contributed by atoms with E-state index in [-0.39, 0.29) is 11.2 Å². The highest BCUT2D eigenvalue weighted by Crippen LogP contribution is 2.31. The van der Waals surface area contributed by atoms with Gasteiger partial charge in [-0.2, -0.15) is 0 Å². The predicted octanol–water partition coefficient (Wildman–Crippen LogP) is 6.64. The van der Waals surface area contributed by atoms with Crippen molar-refractivity contribution in [3.63, 3.8) is 0 Å². The molecule has 2 nitrogen and oxygen atoms in total. The van der Waals surface area contributed by atoms with Gasteiger partial charge in [0.1, 0.15) is 0 Å². The van der Waals surface area contributed by atoms with Gasteiger partial charge in [-0.25, -0.2) is 8.42 Å². The third-order valence-electron chi connectivity index (χ3n) is 5.25. The van der Waals surface area contributed by atoms with E-state index in [9.17, 15) is 8.42 Å². The van der Waals surface area contributed by atoms with E-state index in [0.717, 1.165) is 42.6 Å². The molecule has 1 aromatic carbocycles. The molecule has 0 aliphatic rings. The van der Waals surface area contributed by atoms with Crippen LogP contribution in [0.5, 0.6) is 0 Å². The number of hydrogen-bond donors (Lipinski definition) is 0. The van der Waals surface area contributed by atoms with Crippen LogP contribution in [0.3, 0.4) is 0 Å². The minimum atomic E-state index is -2.98. The summed E-state index contributed by atoms with van der Waals surface area (Å²) >= 11 is 5.56. The molecule has 1 radical (unpaired) electrons. The van der Waals surface area contributed by atoms with Crippen LogP contribution < -0.4 is 0 Å². The van der Waals surface area contributed by atoms with Gasteiger partial charge in [-0.15, -0.1) is 0 Å². The van der Waals surface area contributed by atoms with Crippen molar-refractivity contribution in [2.45, 2.75) is 95.8 Å². The molecule has 0 saturated carbocycles. The maximum Gasteiger partial charge on any atom is 0.150 e. The van der Waals surface area contributed by atoms with Gasteiger partial charge in [0.2, 0.25) is 0 Å². The van der Waals surface area contributed by atoms with E-state index in [0.29, 0.717) is 12.2 Å². The molecule has 0 aromatic heterocycles. The molecule has 0 atom stereocenters. The fraction of sp³-hybridized carbons (Fsp3) is 0.727. The Hall–Kier alpha value is -0.610. The quantitative estimate of drug-likeness (QED) is 0.350. The first-order chi connectivity index (χ1) is 12.2. The van der Waals surface area contributed by atoms with Crippen LogP contribution in [-0.2, 0) is 21.7 Å². The molecule has 0 fully saturated rings. The van der Waals surface area contributed by atoms with Gasteiger partial charge in [-0.1, -0.05) is 91.0 Å². The maximum atomic E-state index is 12.2. The Balaban J connectivity index is 2.64. The average molecular weight is 398 g/mol. The van der Waals surface area contributed by atoms with Crippen molar-refractivity contribution in [2.24, 2.45) is 0 Å². The summed E-state index contributed by atoms with van der Waals surface area (Å²) in [4.78, 5) is 0.812. The van der Waals surface area contributed by atoms with E-state index in [1.807, 2.05) is 6.07 Å². The fourth-order valence-corrected chi connectivity index (χ4v) is 4.94. The summed E-state index contributed by atoms with van der Waals surface area (Å²) in [6, 6.07) is 6.28. The molecule has 0 saturated heterocycles. The molecule has 26 heavy (non-hydrogen) atoms. The lowest BCUT2D eigenvalue weighted by Crippen LogP contribution is -2.17. The Labute approximate surface area is 167 Å². The minimum Gasteiger partial charge on any atom is -0.229 e. The molecule has 0 amide bonds. The molecule has 1 aromatic rings.